The Kier molecular flexibility index (Phi) is 1.16. The maximum absolute atomic E-state index is 5.70. The molecule has 0 spiro atoms. The van der Waals surface area contributed by atoms with Gasteiger partial charge in [-0.25, -0.2) is 0 Å². The third-order valence-electron chi connectivity index (χ3n) is 5.34. The second kappa shape index (κ2) is 1.89. The van der Waals surface area contributed by atoms with Crippen molar-refractivity contribution in [3.8, 4) is 0 Å². The standard InChI is InChI=1S/C11H18O/c1-10-6-12-7-11(10,2)9-4-3-8(10)5-9/h8-9H,3-7H2,1-2H3. The Morgan fingerprint density at radius 1 is 1.00 bits per heavy atom. The molecule has 2 aliphatic carbocycles. The van der Waals surface area contributed by atoms with Crippen LogP contribution in [-0.4, -0.2) is 13.2 Å². The molecular weight excluding hydrogens is 148 g/mol. The van der Waals surface area contributed by atoms with E-state index in [1.165, 1.54) is 19.3 Å². The van der Waals surface area contributed by atoms with E-state index >= 15 is 0 Å². The van der Waals surface area contributed by atoms with Gasteiger partial charge < -0.3 is 4.74 Å². The topological polar surface area (TPSA) is 9.23 Å². The number of rotatable bonds is 0. The van der Waals surface area contributed by atoms with Crippen LogP contribution in [0.15, 0.2) is 0 Å². The van der Waals surface area contributed by atoms with E-state index in [1.54, 1.807) is 0 Å². The summed E-state index contributed by atoms with van der Waals surface area (Å²) in [6, 6.07) is 0. The minimum atomic E-state index is 0.538. The van der Waals surface area contributed by atoms with Crippen LogP contribution in [0.4, 0.5) is 0 Å². The maximum atomic E-state index is 5.70. The summed E-state index contributed by atoms with van der Waals surface area (Å²) in [5.74, 6) is 1.96. The van der Waals surface area contributed by atoms with Crippen molar-refractivity contribution in [2.45, 2.75) is 33.1 Å². The fraction of sp³-hybridized carbons (Fsp3) is 1.00. The van der Waals surface area contributed by atoms with Crippen molar-refractivity contribution in [2.75, 3.05) is 13.2 Å². The average molecular weight is 166 g/mol. The summed E-state index contributed by atoms with van der Waals surface area (Å²) in [6.45, 7) is 6.99. The lowest BCUT2D eigenvalue weighted by Gasteiger charge is -2.42. The molecule has 4 unspecified atom stereocenters. The maximum Gasteiger partial charge on any atom is 0.0528 e. The molecule has 0 aromatic carbocycles. The molecule has 0 radical (unpaired) electrons. The Labute approximate surface area is 74.5 Å². The molecule has 3 fully saturated rings. The highest BCUT2D eigenvalue weighted by atomic mass is 16.5. The first kappa shape index (κ1) is 7.37. The Bertz CT molecular complexity index is 203. The summed E-state index contributed by atoms with van der Waals surface area (Å²) in [4.78, 5) is 0. The number of hydrogen-bond acceptors (Lipinski definition) is 1. The quantitative estimate of drug-likeness (QED) is 0.537. The van der Waals surface area contributed by atoms with E-state index in [-0.39, 0.29) is 0 Å². The van der Waals surface area contributed by atoms with Gasteiger partial charge in [0, 0.05) is 10.8 Å². The van der Waals surface area contributed by atoms with Crippen molar-refractivity contribution in [3.63, 3.8) is 0 Å². The number of fused-ring (bicyclic) bond motifs is 5. The molecule has 0 N–H and O–H groups in total. The van der Waals surface area contributed by atoms with Crippen molar-refractivity contribution in [2.24, 2.45) is 22.7 Å². The molecule has 1 heteroatoms. The summed E-state index contributed by atoms with van der Waals surface area (Å²) in [5, 5.41) is 0. The van der Waals surface area contributed by atoms with Crippen LogP contribution < -0.4 is 0 Å². The van der Waals surface area contributed by atoms with E-state index in [2.05, 4.69) is 13.8 Å². The summed E-state index contributed by atoms with van der Waals surface area (Å²) < 4.78 is 5.70. The lowest BCUT2D eigenvalue weighted by atomic mass is 9.60. The molecule has 1 aliphatic heterocycles. The molecule has 68 valence electrons. The van der Waals surface area contributed by atoms with Crippen molar-refractivity contribution < 1.29 is 4.74 Å². The molecule has 2 saturated carbocycles. The third-order valence-corrected chi connectivity index (χ3v) is 5.34. The zero-order chi connectivity index (χ0) is 8.40. The van der Waals surface area contributed by atoms with Crippen molar-refractivity contribution >= 4 is 0 Å². The van der Waals surface area contributed by atoms with E-state index < -0.39 is 0 Å². The lowest BCUT2D eigenvalue weighted by molar-refractivity contribution is 0.0598. The molecule has 3 rings (SSSR count). The van der Waals surface area contributed by atoms with Gasteiger partial charge in [-0.05, 0) is 31.1 Å². The zero-order valence-electron chi connectivity index (χ0n) is 8.10. The van der Waals surface area contributed by atoms with Gasteiger partial charge in [-0.1, -0.05) is 13.8 Å². The van der Waals surface area contributed by atoms with Crippen LogP contribution in [0, 0.1) is 22.7 Å². The highest BCUT2D eigenvalue weighted by Gasteiger charge is 2.65. The predicted octanol–water partition coefficient (Wildman–Crippen LogP) is 2.46. The SMILES string of the molecule is CC12COCC1(C)C1CCC2C1. The van der Waals surface area contributed by atoms with Gasteiger partial charge in [0.2, 0.25) is 0 Å². The second-order valence-electron chi connectivity index (χ2n) is 5.53. The minimum absolute atomic E-state index is 0.538. The van der Waals surface area contributed by atoms with E-state index in [4.69, 9.17) is 4.74 Å². The molecule has 2 bridgehead atoms. The van der Waals surface area contributed by atoms with Crippen LogP contribution in [0.1, 0.15) is 33.1 Å². The van der Waals surface area contributed by atoms with Gasteiger partial charge in [-0.15, -0.1) is 0 Å². The molecule has 3 aliphatic rings. The second-order valence-corrected chi connectivity index (χ2v) is 5.53. The van der Waals surface area contributed by atoms with Crippen LogP contribution in [0.3, 0.4) is 0 Å². The first-order valence-corrected chi connectivity index (χ1v) is 5.24. The summed E-state index contributed by atoms with van der Waals surface area (Å²) in [6.07, 6.45) is 4.44. The molecule has 0 amide bonds. The van der Waals surface area contributed by atoms with Gasteiger partial charge in [0.15, 0.2) is 0 Å². The van der Waals surface area contributed by atoms with Crippen molar-refractivity contribution in [1.82, 2.24) is 0 Å². The highest BCUT2D eigenvalue weighted by molar-refractivity contribution is 5.13. The monoisotopic (exact) mass is 166 g/mol. The smallest absolute Gasteiger partial charge is 0.0528 e. The molecular formula is C11H18O. The van der Waals surface area contributed by atoms with Gasteiger partial charge >= 0.3 is 0 Å². The summed E-state index contributed by atoms with van der Waals surface area (Å²) in [7, 11) is 0. The third kappa shape index (κ3) is 0.555. The fourth-order valence-electron chi connectivity index (χ4n) is 4.11. The molecule has 0 aromatic rings. The Hall–Kier alpha value is -0.0400. The van der Waals surface area contributed by atoms with Gasteiger partial charge in [0.1, 0.15) is 0 Å². The minimum Gasteiger partial charge on any atom is -0.380 e. The highest BCUT2D eigenvalue weighted by Crippen LogP contribution is 2.68. The Morgan fingerprint density at radius 3 is 2.00 bits per heavy atom. The van der Waals surface area contributed by atoms with Crippen LogP contribution in [0.5, 0.6) is 0 Å². The van der Waals surface area contributed by atoms with Gasteiger partial charge in [-0.2, -0.15) is 0 Å². The Morgan fingerprint density at radius 2 is 1.50 bits per heavy atom. The molecule has 12 heavy (non-hydrogen) atoms. The van der Waals surface area contributed by atoms with Crippen LogP contribution in [0.2, 0.25) is 0 Å². The number of hydrogen-bond donors (Lipinski definition) is 0. The molecule has 1 saturated heterocycles. The first-order valence-electron chi connectivity index (χ1n) is 5.24. The Balaban J connectivity index is 2.08. The van der Waals surface area contributed by atoms with Crippen LogP contribution in [-0.2, 0) is 4.74 Å². The van der Waals surface area contributed by atoms with Crippen molar-refractivity contribution in [1.29, 1.82) is 0 Å². The van der Waals surface area contributed by atoms with E-state index in [1.807, 2.05) is 0 Å². The normalized spacial score (nSPS) is 62.5. The molecule has 1 heterocycles. The molecule has 4 atom stereocenters. The summed E-state index contributed by atoms with van der Waals surface area (Å²) >= 11 is 0. The van der Waals surface area contributed by atoms with E-state index in [0.717, 1.165) is 25.0 Å². The van der Waals surface area contributed by atoms with Crippen molar-refractivity contribution in [3.05, 3.63) is 0 Å². The van der Waals surface area contributed by atoms with Crippen LogP contribution in [0.25, 0.3) is 0 Å². The first-order chi connectivity index (χ1) is 5.67. The van der Waals surface area contributed by atoms with Gasteiger partial charge in [0.05, 0.1) is 13.2 Å². The number of ether oxygens (including phenoxy) is 1. The van der Waals surface area contributed by atoms with E-state index in [0.29, 0.717) is 10.8 Å². The molecule has 0 aromatic heterocycles. The predicted molar refractivity (Wildman–Crippen MR) is 47.9 cm³/mol. The van der Waals surface area contributed by atoms with Gasteiger partial charge in [0.25, 0.3) is 0 Å². The van der Waals surface area contributed by atoms with Crippen LogP contribution >= 0.6 is 0 Å². The zero-order valence-corrected chi connectivity index (χ0v) is 8.10. The van der Waals surface area contributed by atoms with Gasteiger partial charge in [-0.3, -0.25) is 0 Å². The summed E-state index contributed by atoms with van der Waals surface area (Å²) in [5.41, 5.74) is 1.08. The fourth-order valence-corrected chi connectivity index (χ4v) is 4.11. The largest absolute Gasteiger partial charge is 0.380 e. The average Bonchev–Trinajstić information content (AvgIpc) is 2.61. The molecule has 1 nitrogen and oxygen atoms in total. The van der Waals surface area contributed by atoms with E-state index in [9.17, 15) is 0 Å². The lowest BCUT2D eigenvalue weighted by Crippen LogP contribution is -2.41.